The minimum absolute atomic E-state index is 0.0512. The van der Waals surface area contributed by atoms with E-state index in [1.807, 2.05) is 24.3 Å². The third kappa shape index (κ3) is 5.29. The third-order valence-corrected chi connectivity index (χ3v) is 4.80. The predicted molar refractivity (Wildman–Crippen MR) is 99.0 cm³/mol. The van der Waals surface area contributed by atoms with Gasteiger partial charge in [-0.25, -0.2) is 17.8 Å². The Kier molecular flexibility index (Phi) is 5.79. The quantitative estimate of drug-likeness (QED) is 0.485. The van der Waals surface area contributed by atoms with Gasteiger partial charge in [-0.05, 0) is 41.8 Å². The largest absolute Gasteiger partial charge is 0.370 e. The first-order valence-electron chi connectivity index (χ1n) is 7.82. The zero-order valence-corrected chi connectivity index (χ0v) is 15.3. The van der Waals surface area contributed by atoms with Gasteiger partial charge in [0.05, 0.1) is 11.4 Å². The average Bonchev–Trinajstić information content (AvgIpc) is 2.53. The van der Waals surface area contributed by atoms with Gasteiger partial charge in [-0.2, -0.15) is 0 Å². The lowest BCUT2D eigenvalue weighted by atomic mass is 10.0. The number of benzene rings is 2. The van der Waals surface area contributed by atoms with Gasteiger partial charge in [0, 0.05) is 17.5 Å². The SMILES string of the molecule is CC(C)c1cccc(NC(N)=NCc2cc(S(C)(=O)=O)ccc2F)c1. The monoisotopic (exact) mass is 363 g/mol. The standard InChI is InChI=1S/C18H22FN3O2S/c1-12(2)13-5-4-6-15(9-13)22-18(20)21-11-14-10-16(25(3,23)24)7-8-17(14)19/h4-10,12H,11H2,1-3H3,(H3,20,21,22). The first kappa shape index (κ1) is 18.9. The van der Waals surface area contributed by atoms with Gasteiger partial charge in [-0.3, -0.25) is 0 Å². The number of nitrogens with one attached hydrogen (secondary N) is 1. The molecule has 0 heterocycles. The van der Waals surface area contributed by atoms with E-state index in [1.165, 1.54) is 12.1 Å². The molecule has 0 aliphatic carbocycles. The molecule has 0 bridgehead atoms. The lowest BCUT2D eigenvalue weighted by molar-refractivity contribution is 0.597. The summed E-state index contributed by atoms with van der Waals surface area (Å²) >= 11 is 0. The number of nitrogens with zero attached hydrogens (tertiary/aromatic N) is 1. The molecule has 25 heavy (non-hydrogen) atoms. The molecular weight excluding hydrogens is 341 g/mol. The Balaban J connectivity index is 2.15. The van der Waals surface area contributed by atoms with Crippen molar-refractivity contribution in [1.29, 1.82) is 0 Å². The molecule has 0 atom stereocenters. The number of sulfone groups is 1. The molecule has 5 nitrogen and oxygen atoms in total. The van der Waals surface area contributed by atoms with Crippen LogP contribution in [0.1, 0.15) is 30.9 Å². The maximum atomic E-state index is 13.9. The maximum absolute atomic E-state index is 13.9. The van der Waals surface area contributed by atoms with Crippen molar-refractivity contribution in [3.63, 3.8) is 0 Å². The highest BCUT2D eigenvalue weighted by Crippen LogP contribution is 2.19. The number of rotatable bonds is 5. The number of guanidine groups is 1. The zero-order chi connectivity index (χ0) is 18.6. The van der Waals surface area contributed by atoms with E-state index in [1.54, 1.807) is 0 Å². The molecule has 2 aromatic rings. The Labute approximate surface area is 147 Å². The van der Waals surface area contributed by atoms with Crippen molar-refractivity contribution >= 4 is 21.5 Å². The van der Waals surface area contributed by atoms with Crippen LogP contribution in [0, 0.1) is 5.82 Å². The molecule has 3 N–H and O–H groups in total. The second-order valence-electron chi connectivity index (χ2n) is 6.13. The minimum atomic E-state index is -3.40. The number of halogens is 1. The number of hydrogen-bond acceptors (Lipinski definition) is 3. The van der Waals surface area contributed by atoms with Crippen LogP contribution in [0.4, 0.5) is 10.1 Å². The highest BCUT2D eigenvalue weighted by atomic mass is 32.2. The number of hydrogen-bond donors (Lipinski definition) is 2. The van der Waals surface area contributed by atoms with Crippen LogP contribution in [0.2, 0.25) is 0 Å². The summed E-state index contributed by atoms with van der Waals surface area (Å²) in [6.07, 6.45) is 1.07. The van der Waals surface area contributed by atoms with Crippen molar-refractivity contribution in [3.8, 4) is 0 Å². The van der Waals surface area contributed by atoms with E-state index in [-0.39, 0.29) is 23.0 Å². The molecule has 0 aromatic heterocycles. The molecule has 0 spiro atoms. The molecule has 0 unspecified atom stereocenters. The first-order valence-corrected chi connectivity index (χ1v) is 9.71. The van der Waals surface area contributed by atoms with Gasteiger partial charge in [-0.15, -0.1) is 0 Å². The fourth-order valence-corrected chi connectivity index (χ4v) is 2.91. The second kappa shape index (κ2) is 7.65. The molecule has 0 saturated heterocycles. The topological polar surface area (TPSA) is 84.5 Å². The van der Waals surface area contributed by atoms with Gasteiger partial charge in [0.1, 0.15) is 5.82 Å². The molecule has 2 rings (SSSR count). The Morgan fingerprint density at radius 3 is 2.60 bits per heavy atom. The lowest BCUT2D eigenvalue weighted by Gasteiger charge is -2.10. The van der Waals surface area contributed by atoms with Crippen LogP contribution in [-0.4, -0.2) is 20.6 Å². The molecule has 0 saturated carbocycles. The van der Waals surface area contributed by atoms with Crippen LogP contribution in [0.3, 0.4) is 0 Å². The summed E-state index contributed by atoms with van der Waals surface area (Å²) in [7, 11) is -3.40. The van der Waals surface area contributed by atoms with Crippen LogP contribution in [0.5, 0.6) is 0 Å². The van der Waals surface area contributed by atoms with E-state index in [0.29, 0.717) is 5.92 Å². The molecular formula is C18H22FN3O2S. The van der Waals surface area contributed by atoms with E-state index in [9.17, 15) is 12.8 Å². The Morgan fingerprint density at radius 2 is 1.96 bits per heavy atom. The summed E-state index contributed by atoms with van der Waals surface area (Å²) in [6, 6.07) is 11.4. The molecule has 0 radical (unpaired) electrons. The van der Waals surface area contributed by atoms with Gasteiger partial charge in [0.15, 0.2) is 15.8 Å². The van der Waals surface area contributed by atoms with Gasteiger partial charge in [0.25, 0.3) is 0 Å². The number of aliphatic imine (C=N–C) groups is 1. The maximum Gasteiger partial charge on any atom is 0.193 e. The zero-order valence-electron chi connectivity index (χ0n) is 14.5. The highest BCUT2D eigenvalue weighted by molar-refractivity contribution is 7.90. The van der Waals surface area contributed by atoms with Crippen LogP contribution in [0.15, 0.2) is 52.4 Å². The second-order valence-corrected chi connectivity index (χ2v) is 8.15. The lowest BCUT2D eigenvalue weighted by Crippen LogP contribution is -2.22. The van der Waals surface area contributed by atoms with Crippen molar-refractivity contribution in [2.24, 2.45) is 10.7 Å². The molecule has 0 amide bonds. The van der Waals surface area contributed by atoms with Gasteiger partial charge in [-0.1, -0.05) is 26.0 Å². The Morgan fingerprint density at radius 1 is 1.24 bits per heavy atom. The fraction of sp³-hybridized carbons (Fsp3) is 0.278. The van der Waals surface area contributed by atoms with E-state index in [2.05, 4.69) is 24.2 Å². The van der Waals surface area contributed by atoms with Crippen LogP contribution in [-0.2, 0) is 16.4 Å². The Bertz CT molecular complexity index is 893. The summed E-state index contributed by atoms with van der Waals surface area (Å²) in [6.45, 7) is 4.13. The Hall–Kier alpha value is -2.41. The molecule has 0 fully saturated rings. The summed E-state index contributed by atoms with van der Waals surface area (Å²) in [5.41, 5.74) is 7.97. The van der Waals surface area contributed by atoms with Crippen LogP contribution in [0.25, 0.3) is 0 Å². The van der Waals surface area contributed by atoms with Crippen molar-refractivity contribution in [2.75, 3.05) is 11.6 Å². The summed E-state index contributed by atoms with van der Waals surface area (Å²) in [4.78, 5) is 4.15. The predicted octanol–water partition coefficient (Wildman–Crippen LogP) is 3.28. The molecule has 2 aromatic carbocycles. The van der Waals surface area contributed by atoms with Gasteiger partial charge < -0.3 is 11.1 Å². The normalized spacial score (nSPS) is 12.4. The number of nitrogens with two attached hydrogens (primary N) is 1. The smallest absolute Gasteiger partial charge is 0.193 e. The number of anilines is 1. The van der Waals surface area contributed by atoms with Crippen LogP contribution >= 0.6 is 0 Å². The summed E-state index contributed by atoms with van der Waals surface area (Å²) < 4.78 is 37.0. The summed E-state index contributed by atoms with van der Waals surface area (Å²) in [5, 5.41) is 2.96. The van der Waals surface area contributed by atoms with E-state index < -0.39 is 15.7 Å². The van der Waals surface area contributed by atoms with E-state index in [4.69, 9.17) is 5.73 Å². The van der Waals surface area contributed by atoms with E-state index in [0.717, 1.165) is 23.6 Å². The van der Waals surface area contributed by atoms with Crippen molar-refractivity contribution in [2.45, 2.75) is 31.2 Å². The first-order chi connectivity index (χ1) is 11.7. The summed E-state index contributed by atoms with van der Waals surface area (Å²) in [5.74, 6) is -0.0106. The van der Waals surface area contributed by atoms with Gasteiger partial charge >= 0.3 is 0 Å². The van der Waals surface area contributed by atoms with Crippen molar-refractivity contribution < 1.29 is 12.8 Å². The minimum Gasteiger partial charge on any atom is -0.370 e. The molecule has 134 valence electrons. The molecule has 0 aliphatic heterocycles. The fourth-order valence-electron chi connectivity index (χ4n) is 2.24. The van der Waals surface area contributed by atoms with Crippen molar-refractivity contribution in [1.82, 2.24) is 0 Å². The van der Waals surface area contributed by atoms with Crippen LogP contribution < -0.4 is 11.1 Å². The molecule has 7 heteroatoms. The average molecular weight is 363 g/mol. The third-order valence-electron chi connectivity index (χ3n) is 3.69. The van der Waals surface area contributed by atoms with Crippen molar-refractivity contribution in [3.05, 3.63) is 59.4 Å². The highest BCUT2D eigenvalue weighted by Gasteiger charge is 2.11. The van der Waals surface area contributed by atoms with E-state index >= 15 is 0 Å². The molecule has 0 aliphatic rings. The van der Waals surface area contributed by atoms with Gasteiger partial charge in [0.2, 0.25) is 0 Å².